The van der Waals surface area contributed by atoms with Gasteiger partial charge < -0.3 is 10.2 Å². The van der Waals surface area contributed by atoms with Gasteiger partial charge in [-0.1, -0.05) is 11.6 Å². The Morgan fingerprint density at radius 3 is 3.00 bits per heavy atom. The number of likely N-dealkylation sites (tertiary alicyclic amines) is 1. The van der Waals surface area contributed by atoms with E-state index < -0.39 is 5.82 Å². The molecule has 0 bridgehead atoms. The van der Waals surface area contributed by atoms with Crippen LogP contribution >= 0.6 is 0 Å². The second-order valence-corrected chi connectivity index (χ2v) is 5.19. The van der Waals surface area contributed by atoms with E-state index in [1.54, 1.807) is 12.1 Å². The van der Waals surface area contributed by atoms with Crippen LogP contribution in [0.4, 0.5) is 4.39 Å². The monoisotopic (exact) mass is 264 g/mol. The number of likely N-dealkylation sites (N-methyl/N-ethyl adjacent to an activating group) is 1. The van der Waals surface area contributed by atoms with Gasteiger partial charge in [0.25, 0.3) is 5.91 Å². The molecule has 1 amide bonds. The Bertz CT molecular complexity index is 459. The van der Waals surface area contributed by atoms with Crippen molar-refractivity contribution in [3.63, 3.8) is 0 Å². The maximum atomic E-state index is 13.8. The Morgan fingerprint density at radius 1 is 1.47 bits per heavy atom. The molecule has 1 saturated heterocycles. The van der Waals surface area contributed by atoms with Gasteiger partial charge in [-0.15, -0.1) is 0 Å². The van der Waals surface area contributed by atoms with Crippen LogP contribution in [0.5, 0.6) is 0 Å². The first kappa shape index (κ1) is 14.0. The number of rotatable bonds is 3. The third-order valence-corrected chi connectivity index (χ3v) is 3.68. The summed E-state index contributed by atoms with van der Waals surface area (Å²) in [4.78, 5) is 14.3. The van der Waals surface area contributed by atoms with Gasteiger partial charge in [0.2, 0.25) is 0 Å². The molecule has 3 nitrogen and oxygen atoms in total. The van der Waals surface area contributed by atoms with Crippen molar-refractivity contribution in [1.29, 1.82) is 0 Å². The van der Waals surface area contributed by atoms with E-state index in [1.165, 1.54) is 6.07 Å². The number of piperidine rings is 1. The summed E-state index contributed by atoms with van der Waals surface area (Å²) < 4.78 is 13.8. The van der Waals surface area contributed by atoms with E-state index in [0.717, 1.165) is 37.9 Å². The van der Waals surface area contributed by atoms with Crippen molar-refractivity contribution < 1.29 is 9.18 Å². The van der Waals surface area contributed by atoms with Gasteiger partial charge in [-0.25, -0.2) is 4.39 Å². The molecule has 1 aromatic carbocycles. The molecule has 1 heterocycles. The van der Waals surface area contributed by atoms with Gasteiger partial charge in [0.15, 0.2) is 0 Å². The molecule has 1 aromatic rings. The molecule has 19 heavy (non-hydrogen) atoms. The summed E-state index contributed by atoms with van der Waals surface area (Å²) in [6, 6.07) is 4.88. The Hall–Kier alpha value is -1.42. The molecule has 2 rings (SSSR count). The van der Waals surface area contributed by atoms with Crippen LogP contribution < -0.4 is 5.32 Å². The molecule has 0 radical (unpaired) electrons. The molecular weight excluding hydrogens is 243 g/mol. The smallest absolute Gasteiger partial charge is 0.257 e. The number of carbonyl (C=O) groups is 1. The first-order valence-electron chi connectivity index (χ1n) is 6.85. The summed E-state index contributed by atoms with van der Waals surface area (Å²) in [6.45, 7) is 3.36. The van der Waals surface area contributed by atoms with E-state index in [2.05, 4.69) is 5.32 Å². The predicted octanol–water partition coefficient (Wildman–Crippen LogP) is 2.35. The van der Waals surface area contributed by atoms with E-state index >= 15 is 0 Å². The van der Waals surface area contributed by atoms with Crippen molar-refractivity contribution in [2.75, 3.05) is 20.1 Å². The van der Waals surface area contributed by atoms with Crippen molar-refractivity contribution in [1.82, 2.24) is 10.2 Å². The second-order valence-electron chi connectivity index (χ2n) is 5.19. The van der Waals surface area contributed by atoms with Crippen LogP contribution in [0.3, 0.4) is 0 Å². The van der Waals surface area contributed by atoms with Crippen molar-refractivity contribution in [2.24, 2.45) is 0 Å². The lowest BCUT2D eigenvalue weighted by Gasteiger charge is -2.36. The minimum Gasteiger partial charge on any atom is -0.334 e. The number of halogens is 1. The van der Waals surface area contributed by atoms with Crippen molar-refractivity contribution in [3.8, 4) is 0 Å². The Kier molecular flexibility index (Phi) is 4.53. The fourth-order valence-corrected chi connectivity index (χ4v) is 2.67. The maximum absolute atomic E-state index is 13.8. The highest BCUT2D eigenvalue weighted by molar-refractivity contribution is 5.95. The van der Waals surface area contributed by atoms with E-state index in [0.29, 0.717) is 0 Å². The van der Waals surface area contributed by atoms with Crippen LogP contribution in [-0.2, 0) is 0 Å². The van der Waals surface area contributed by atoms with Gasteiger partial charge in [0, 0.05) is 19.1 Å². The zero-order valence-electron chi connectivity index (χ0n) is 11.6. The zero-order valence-corrected chi connectivity index (χ0v) is 11.6. The van der Waals surface area contributed by atoms with Crippen LogP contribution in [0.2, 0.25) is 0 Å². The van der Waals surface area contributed by atoms with Gasteiger partial charge in [0.1, 0.15) is 5.82 Å². The van der Waals surface area contributed by atoms with E-state index in [-0.39, 0.29) is 17.5 Å². The molecule has 0 aliphatic carbocycles. The lowest BCUT2D eigenvalue weighted by molar-refractivity contribution is 0.0610. The summed E-state index contributed by atoms with van der Waals surface area (Å²) >= 11 is 0. The van der Waals surface area contributed by atoms with Gasteiger partial charge in [-0.3, -0.25) is 4.79 Å². The number of aryl methyl sites for hydroxylation is 1. The number of nitrogens with zero attached hydrogens (tertiary/aromatic N) is 1. The summed E-state index contributed by atoms with van der Waals surface area (Å²) in [5.41, 5.74) is 1.11. The van der Waals surface area contributed by atoms with E-state index in [4.69, 9.17) is 0 Å². The number of amides is 1. The molecule has 1 aliphatic heterocycles. The molecule has 4 heteroatoms. The molecule has 0 spiro atoms. The second kappa shape index (κ2) is 6.15. The normalized spacial score (nSPS) is 19.5. The van der Waals surface area contributed by atoms with Crippen LogP contribution in [0.15, 0.2) is 18.2 Å². The number of carbonyl (C=O) groups excluding carboxylic acids is 1. The van der Waals surface area contributed by atoms with Crippen LogP contribution in [0, 0.1) is 12.7 Å². The SMILES string of the molecule is CNCC1CCCCN1C(=O)c1cc(C)ccc1F. The Morgan fingerprint density at radius 2 is 2.26 bits per heavy atom. The summed E-state index contributed by atoms with van der Waals surface area (Å²) in [7, 11) is 1.88. The molecular formula is C15H21FN2O. The molecule has 1 atom stereocenters. The standard InChI is InChI=1S/C15H21FN2O/c1-11-6-7-14(16)13(9-11)15(19)18-8-4-3-5-12(18)10-17-2/h6-7,9,12,17H,3-5,8,10H2,1-2H3. The van der Waals surface area contributed by atoms with Crippen LogP contribution in [0.1, 0.15) is 35.2 Å². The van der Waals surface area contributed by atoms with Crippen molar-refractivity contribution in [3.05, 3.63) is 35.1 Å². The summed E-state index contributed by atoms with van der Waals surface area (Å²) in [5.74, 6) is -0.606. The summed E-state index contributed by atoms with van der Waals surface area (Å²) in [6.07, 6.45) is 3.12. The van der Waals surface area contributed by atoms with E-state index in [1.807, 2.05) is 18.9 Å². The fourth-order valence-electron chi connectivity index (χ4n) is 2.67. The minimum absolute atomic E-state index is 0.172. The third-order valence-electron chi connectivity index (χ3n) is 3.68. The lowest BCUT2D eigenvalue weighted by Crippen LogP contribution is -2.48. The van der Waals surface area contributed by atoms with Gasteiger partial charge in [-0.05, 0) is 45.4 Å². The van der Waals surface area contributed by atoms with E-state index in [9.17, 15) is 9.18 Å². The van der Waals surface area contributed by atoms with Crippen molar-refractivity contribution >= 4 is 5.91 Å². The third kappa shape index (κ3) is 3.13. The molecule has 0 saturated carbocycles. The van der Waals surface area contributed by atoms with Crippen LogP contribution in [0.25, 0.3) is 0 Å². The average molecular weight is 264 g/mol. The number of hydrogen-bond acceptors (Lipinski definition) is 2. The fraction of sp³-hybridized carbons (Fsp3) is 0.533. The highest BCUT2D eigenvalue weighted by Crippen LogP contribution is 2.21. The molecule has 1 aliphatic rings. The van der Waals surface area contributed by atoms with Crippen molar-refractivity contribution in [2.45, 2.75) is 32.2 Å². The predicted molar refractivity (Wildman–Crippen MR) is 73.7 cm³/mol. The first-order chi connectivity index (χ1) is 9.13. The molecule has 104 valence electrons. The van der Waals surface area contributed by atoms with Gasteiger partial charge in [-0.2, -0.15) is 0 Å². The molecule has 1 N–H and O–H groups in total. The number of benzene rings is 1. The molecule has 1 fully saturated rings. The Balaban J connectivity index is 2.23. The number of hydrogen-bond donors (Lipinski definition) is 1. The van der Waals surface area contributed by atoms with Gasteiger partial charge in [0.05, 0.1) is 5.56 Å². The lowest BCUT2D eigenvalue weighted by atomic mass is 10.00. The number of nitrogens with one attached hydrogen (secondary N) is 1. The zero-order chi connectivity index (χ0) is 13.8. The molecule has 1 unspecified atom stereocenters. The van der Waals surface area contributed by atoms with Crippen LogP contribution in [-0.4, -0.2) is 37.0 Å². The minimum atomic E-state index is -0.426. The summed E-state index contributed by atoms with van der Waals surface area (Å²) in [5, 5.41) is 3.11. The largest absolute Gasteiger partial charge is 0.334 e. The highest BCUT2D eigenvalue weighted by Gasteiger charge is 2.28. The highest BCUT2D eigenvalue weighted by atomic mass is 19.1. The average Bonchev–Trinajstić information content (AvgIpc) is 2.42. The van der Waals surface area contributed by atoms with Gasteiger partial charge >= 0.3 is 0 Å². The first-order valence-corrected chi connectivity index (χ1v) is 6.85. The quantitative estimate of drug-likeness (QED) is 0.909. The Labute approximate surface area is 113 Å². The molecule has 0 aromatic heterocycles. The maximum Gasteiger partial charge on any atom is 0.257 e. The topological polar surface area (TPSA) is 32.3 Å².